The fourth-order valence-corrected chi connectivity index (χ4v) is 3.16. The molecule has 120 valence electrons. The van der Waals surface area contributed by atoms with Gasteiger partial charge in [-0.25, -0.2) is 4.98 Å². The third kappa shape index (κ3) is 5.06. The highest BCUT2D eigenvalue weighted by atomic mass is 35.5. The molecule has 0 atom stereocenters. The fourth-order valence-electron chi connectivity index (χ4n) is 1.73. The molecular weight excluding hydrogens is 359 g/mol. The molecule has 0 spiro atoms. The van der Waals surface area contributed by atoms with Crippen molar-refractivity contribution in [2.24, 2.45) is 0 Å². The van der Waals surface area contributed by atoms with Crippen LogP contribution in [0.1, 0.15) is 16.1 Å². The normalized spacial score (nSPS) is 10.9. The number of aromatic nitrogens is 1. The van der Waals surface area contributed by atoms with E-state index in [1.165, 1.54) is 6.08 Å². The Morgan fingerprint density at radius 3 is 2.78 bits per heavy atom. The van der Waals surface area contributed by atoms with E-state index in [-0.39, 0.29) is 12.3 Å². The van der Waals surface area contributed by atoms with E-state index in [1.54, 1.807) is 31.2 Å². The number of carbonyl (C=O) groups is 2. The van der Waals surface area contributed by atoms with Gasteiger partial charge in [-0.3, -0.25) is 14.9 Å². The number of rotatable bonds is 5. The summed E-state index contributed by atoms with van der Waals surface area (Å²) in [6.45, 7) is 1.70. The number of nitrogens with one attached hydrogen (secondary N) is 1. The molecule has 1 heterocycles. The highest BCUT2D eigenvalue weighted by molar-refractivity contribution is 7.16. The van der Waals surface area contributed by atoms with Crippen molar-refractivity contribution >= 4 is 57.6 Å². The summed E-state index contributed by atoms with van der Waals surface area (Å²) in [5.74, 6) is -1.32. The summed E-state index contributed by atoms with van der Waals surface area (Å²) < 4.78 is 0. The van der Waals surface area contributed by atoms with E-state index in [9.17, 15) is 9.59 Å². The Kier molecular flexibility index (Phi) is 5.76. The molecule has 0 aliphatic rings. The standard InChI is InChI=1S/C15H12Cl2N2O3S/c1-8-12(7-14(21)22)23-15(18-8)19-13(20)5-3-9-2-4-10(16)6-11(9)17/h2-6H,7H2,1H3,(H,21,22)(H,18,19,20)/b5-3+. The van der Waals surface area contributed by atoms with E-state index < -0.39 is 5.97 Å². The lowest BCUT2D eigenvalue weighted by molar-refractivity contribution is -0.136. The molecule has 0 aliphatic carbocycles. The molecule has 0 saturated heterocycles. The fraction of sp³-hybridized carbons (Fsp3) is 0.133. The van der Waals surface area contributed by atoms with Crippen molar-refractivity contribution in [2.75, 3.05) is 5.32 Å². The molecule has 0 bridgehead atoms. The lowest BCUT2D eigenvalue weighted by Gasteiger charge is -1.99. The molecule has 2 N–H and O–H groups in total. The zero-order valence-corrected chi connectivity index (χ0v) is 14.3. The van der Waals surface area contributed by atoms with Crippen LogP contribution < -0.4 is 5.32 Å². The van der Waals surface area contributed by atoms with Gasteiger partial charge in [0.2, 0.25) is 5.91 Å². The van der Waals surface area contributed by atoms with E-state index in [0.29, 0.717) is 31.3 Å². The Morgan fingerprint density at radius 1 is 1.39 bits per heavy atom. The Labute approximate surface area is 146 Å². The molecule has 2 aromatic rings. The lowest BCUT2D eigenvalue weighted by Crippen LogP contribution is -2.07. The van der Waals surface area contributed by atoms with Crippen molar-refractivity contribution in [1.82, 2.24) is 4.98 Å². The van der Waals surface area contributed by atoms with E-state index >= 15 is 0 Å². The van der Waals surface area contributed by atoms with Crippen LogP contribution in [0.2, 0.25) is 10.0 Å². The number of carboxylic acids is 1. The van der Waals surface area contributed by atoms with Gasteiger partial charge in [0.15, 0.2) is 5.13 Å². The summed E-state index contributed by atoms with van der Waals surface area (Å²) in [6.07, 6.45) is 2.77. The maximum Gasteiger partial charge on any atom is 0.308 e. The molecule has 0 radical (unpaired) electrons. The maximum atomic E-state index is 11.9. The predicted molar refractivity (Wildman–Crippen MR) is 92.3 cm³/mol. The van der Waals surface area contributed by atoms with E-state index in [1.807, 2.05) is 0 Å². The average Bonchev–Trinajstić information content (AvgIpc) is 2.77. The molecule has 0 unspecified atom stereocenters. The molecular formula is C15H12Cl2N2O3S. The maximum absolute atomic E-state index is 11.9. The minimum absolute atomic E-state index is 0.115. The van der Waals surface area contributed by atoms with Crippen LogP contribution in [0.3, 0.4) is 0 Å². The number of aryl methyl sites for hydroxylation is 1. The number of benzene rings is 1. The summed E-state index contributed by atoms with van der Waals surface area (Å²) in [5.41, 5.74) is 1.26. The Morgan fingerprint density at radius 2 is 2.13 bits per heavy atom. The second-order valence-corrected chi connectivity index (χ2v) is 6.51. The zero-order valence-electron chi connectivity index (χ0n) is 12.0. The van der Waals surface area contributed by atoms with Crippen molar-refractivity contribution in [3.63, 3.8) is 0 Å². The molecule has 0 fully saturated rings. The molecule has 23 heavy (non-hydrogen) atoms. The van der Waals surface area contributed by atoms with Crippen molar-refractivity contribution in [3.8, 4) is 0 Å². The van der Waals surface area contributed by atoms with Gasteiger partial charge in [-0.1, -0.05) is 29.3 Å². The van der Waals surface area contributed by atoms with Gasteiger partial charge in [0, 0.05) is 21.0 Å². The third-order valence-corrected chi connectivity index (χ3v) is 4.45. The summed E-state index contributed by atoms with van der Waals surface area (Å²) in [6, 6.07) is 4.96. The van der Waals surface area contributed by atoms with Gasteiger partial charge >= 0.3 is 5.97 Å². The van der Waals surface area contributed by atoms with Gasteiger partial charge in [-0.05, 0) is 30.7 Å². The molecule has 8 heteroatoms. The van der Waals surface area contributed by atoms with Crippen LogP contribution in [0.15, 0.2) is 24.3 Å². The highest BCUT2D eigenvalue weighted by Crippen LogP contribution is 2.24. The second kappa shape index (κ2) is 7.59. The summed E-state index contributed by atoms with van der Waals surface area (Å²) >= 11 is 13.0. The third-order valence-electron chi connectivity index (χ3n) is 2.81. The lowest BCUT2D eigenvalue weighted by atomic mass is 10.2. The number of hydrogen-bond donors (Lipinski definition) is 2. The van der Waals surface area contributed by atoms with Gasteiger partial charge in [0.05, 0.1) is 12.1 Å². The average molecular weight is 371 g/mol. The Balaban J connectivity index is 2.04. The number of nitrogens with zero attached hydrogens (tertiary/aromatic N) is 1. The minimum atomic E-state index is -0.938. The smallest absolute Gasteiger partial charge is 0.308 e. The molecule has 1 aromatic heterocycles. The van der Waals surface area contributed by atoms with Gasteiger partial charge in [0.1, 0.15) is 0 Å². The first-order valence-corrected chi connectivity index (χ1v) is 8.04. The van der Waals surface area contributed by atoms with Crippen LogP contribution in [-0.2, 0) is 16.0 Å². The van der Waals surface area contributed by atoms with Gasteiger partial charge in [-0.15, -0.1) is 11.3 Å². The van der Waals surface area contributed by atoms with E-state index in [2.05, 4.69) is 10.3 Å². The number of amides is 1. The van der Waals surface area contributed by atoms with Crippen molar-refractivity contribution in [1.29, 1.82) is 0 Å². The van der Waals surface area contributed by atoms with Crippen molar-refractivity contribution in [2.45, 2.75) is 13.3 Å². The van der Waals surface area contributed by atoms with Gasteiger partial charge in [0.25, 0.3) is 0 Å². The molecule has 0 saturated carbocycles. The first-order chi connectivity index (χ1) is 10.8. The summed E-state index contributed by atoms with van der Waals surface area (Å²) in [7, 11) is 0. The summed E-state index contributed by atoms with van der Waals surface area (Å²) in [4.78, 5) is 27.4. The van der Waals surface area contributed by atoms with Crippen LogP contribution in [0, 0.1) is 6.92 Å². The van der Waals surface area contributed by atoms with Crippen molar-refractivity contribution in [3.05, 3.63) is 50.5 Å². The number of thiazole rings is 1. The Bertz CT molecular complexity index is 787. The molecule has 5 nitrogen and oxygen atoms in total. The number of aliphatic carboxylic acids is 1. The number of hydrogen-bond acceptors (Lipinski definition) is 4. The first kappa shape index (κ1) is 17.5. The zero-order chi connectivity index (χ0) is 17.0. The first-order valence-electron chi connectivity index (χ1n) is 6.47. The van der Waals surface area contributed by atoms with Crippen LogP contribution in [0.4, 0.5) is 5.13 Å². The Hall–Kier alpha value is -1.89. The van der Waals surface area contributed by atoms with Crippen molar-refractivity contribution < 1.29 is 14.7 Å². The molecule has 1 amide bonds. The SMILES string of the molecule is Cc1nc(NC(=O)/C=C/c2ccc(Cl)cc2Cl)sc1CC(=O)O. The van der Waals surface area contributed by atoms with Crippen LogP contribution in [0.25, 0.3) is 6.08 Å². The number of carbonyl (C=O) groups excluding carboxylic acids is 1. The predicted octanol–water partition coefficient (Wildman–Crippen LogP) is 4.04. The number of halogens is 2. The molecule has 1 aromatic carbocycles. The topological polar surface area (TPSA) is 79.3 Å². The number of carboxylic acid groups (broad SMARTS) is 1. The van der Waals surface area contributed by atoms with Crippen LogP contribution in [0.5, 0.6) is 0 Å². The molecule has 2 rings (SSSR count). The molecule has 0 aliphatic heterocycles. The van der Waals surface area contributed by atoms with Gasteiger partial charge in [-0.2, -0.15) is 0 Å². The minimum Gasteiger partial charge on any atom is -0.481 e. The highest BCUT2D eigenvalue weighted by Gasteiger charge is 2.12. The van der Waals surface area contributed by atoms with E-state index in [0.717, 1.165) is 11.3 Å². The quantitative estimate of drug-likeness (QED) is 0.778. The number of anilines is 1. The monoisotopic (exact) mass is 370 g/mol. The van der Waals surface area contributed by atoms with E-state index in [4.69, 9.17) is 28.3 Å². The van der Waals surface area contributed by atoms with Gasteiger partial charge < -0.3 is 5.11 Å². The largest absolute Gasteiger partial charge is 0.481 e. The second-order valence-electron chi connectivity index (χ2n) is 4.59. The summed E-state index contributed by atoms with van der Waals surface area (Å²) in [5, 5.41) is 12.7. The van der Waals surface area contributed by atoms with Crippen LogP contribution in [-0.4, -0.2) is 22.0 Å². The van der Waals surface area contributed by atoms with Crippen LogP contribution >= 0.6 is 34.5 Å².